The van der Waals surface area contributed by atoms with Crippen molar-refractivity contribution in [3.05, 3.63) is 60.3 Å². The fourth-order valence-electron chi connectivity index (χ4n) is 4.34. The molecule has 0 amide bonds. The number of aromatic nitrogens is 5. The average molecular weight is 460 g/mol. The number of fused-ring (bicyclic) bond motifs is 1. The largest absolute Gasteiger partial charge is 0.353 e. The highest BCUT2D eigenvalue weighted by Crippen LogP contribution is 2.45. The first kappa shape index (κ1) is 20.8. The van der Waals surface area contributed by atoms with Gasteiger partial charge in [0, 0.05) is 55.6 Å². The van der Waals surface area contributed by atoms with E-state index >= 15 is 0 Å². The van der Waals surface area contributed by atoms with Crippen molar-refractivity contribution < 1.29 is 8.78 Å². The predicted molar refractivity (Wildman–Crippen MR) is 125 cm³/mol. The summed E-state index contributed by atoms with van der Waals surface area (Å²) < 4.78 is 27.6. The lowest BCUT2D eigenvalue weighted by Gasteiger charge is -2.30. The van der Waals surface area contributed by atoms with Gasteiger partial charge < -0.3 is 15.5 Å². The number of pyridine rings is 3. The van der Waals surface area contributed by atoms with Gasteiger partial charge in [0.05, 0.1) is 29.8 Å². The lowest BCUT2D eigenvalue weighted by molar-refractivity contribution is 0.576. The molecule has 2 fully saturated rings. The van der Waals surface area contributed by atoms with Gasteiger partial charge in [-0.2, -0.15) is 0 Å². The molecule has 10 heteroatoms. The molecule has 8 nitrogen and oxygen atoms in total. The summed E-state index contributed by atoms with van der Waals surface area (Å²) in [4.78, 5) is 24.6. The minimum absolute atomic E-state index is 0.101. The lowest BCUT2D eigenvalue weighted by atomic mass is 10.1. The van der Waals surface area contributed by atoms with Crippen LogP contribution in [0, 0.1) is 11.6 Å². The van der Waals surface area contributed by atoms with Crippen LogP contribution in [-0.2, 0) is 0 Å². The Morgan fingerprint density at radius 2 is 1.85 bits per heavy atom. The fourth-order valence-corrected chi connectivity index (χ4v) is 4.34. The number of halogens is 2. The van der Waals surface area contributed by atoms with Crippen molar-refractivity contribution in [2.24, 2.45) is 0 Å². The molecule has 1 aliphatic heterocycles. The van der Waals surface area contributed by atoms with Crippen molar-refractivity contribution in [1.82, 2.24) is 30.2 Å². The second kappa shape index (κ2) is 8.53. The van der Waals surface area contributed by atoms with Crippen LogP contribution in [0.15, 0.2) is 43.1 Å². The van der Waals surface area contributed by atoms with Crippen molar-refractivity contribution in [3.63, 3.8) is 0 Å². The van der Waals surface area contributed by atoms with Crippen LogP contribution >= 0.6 is 0 Å². The van der Waals surface area contributed by atoms with E-state index in [0.29, 0.717) is 23.0 Å². The molecule has 1 aliphatic carbocycles. The fraction of sp³-hybridized carbons (Fsp3) is 0.292. The molecular weight excluding hydrogens is 438 g/mol. The van der Waals surface area contributed by atoms with Gasteiger partial charge in [-0.1, -0.05) is 0 Å². The molecule has 6 rings (SSSR count). The molecule has 2 N–H and O–H groups in total. The van der Waals surface area contributed by atoms with E-state index in [4.69, 9.17) is 9.97 Å². The van der Waals surface area contributed by atoms with Crippen LogP contribution in [-0.4, -0.2) is 51.1 Å². The van der Waals surface area contributed by atoms with Crippen LogP contribution in [0.3, 0.4) is 0 Å². The van der Waals surface area contributed by atoms with Gasteiger partial charge in [0.2, 0.25) is 0 Å². The third-order valence-electron chi connectivity index (χ3n) is 6.17. The molecule has 2 aliphatic rings. The summed E-state index contributed by atoms with van der Waals surface area (Å²) in [5, 5.41) is 7.36. The van der Waals surface area contributed by atoms with Gasteiger partial charge in [0.15, 0.2) is 17.5 Å². The van der Waals surface area contributed by atoms with Crippen molar-refractivity contribution in [1.29, 1.82) is 0 Å². The Labute approximate surface area is 194 Å². The summed E-state index contributed by atoms with van der Waals surface area (Å²) in [6.45, 7) is 3.43. The van der Waals surface area contributed by atoms with Crippen molar-refractivity contribution >= 4 is 28.2 Å². The van der Waals surface area contributed by atoms with Gasteiger partial charge in [0.25, 0.3) is 0 Å². The summed E-state index contributed by atoms with van der Waals surface area (Å²) in [6.07, 6.45) is 10.2. The third kappa shape index (κ3) is 3.90. The van der Waals surface area contributed by atoms with Gasteiger partial charge >= 0.3 is 0 Å². The molecule has 0 bridgehead atoms. The van der Waals surface area contributed by atoms with Crippen LogP contribution in [0.25, 0.3) is 22.3 Å². The first-order chi connectivity index (χ1) is 16.7. The Balaban J connectivity index is 1.49. The topological polar surface area (TPSA) is 91.8 Å². The molecule has 0 spiro atoms. The zero-order chi connectivity index (χ0) is 23.1. The molecule has 172 valence electrons. The Morgan fingerprint density at radius 3 is 2.65 bits per heavy atom. The highest BCUT2D eigenvalue weighted by atomic mass is 19.1. The Kier molecular flexibility index (Phi) is 5.21. The van der Waals surface area contributed by atoms with Gasteiger partial charge in [0.1, 0.15) is 11.6 Å². The van der Waals surface area contributed by atoms with Crippen LogP contribution in [0.5, 0.6) is 0 Å². The summed E-state index contributed by atoms with van der Waals surface area (Å²) >= 11 is 0. The minimum atomic E-state index is -0.797. The first-order valence-corrected chi connectivity index (χ1v) is 11.3. The van der Waals surface area contributed by atoms with Crippen molar-refractivity contribution in [2.45, 2.75) is 18.8 Å². The first-order valence-electron chi connectivity index (χ1n) is 11.3. The molecule has 0 unspecified atom stereocenters. The standard InChI is InChI=1S/C24H22F2N8/c25-15-9-18(26)23(30-10-15)31-19-12-28-4-3-16(19)22-32-20-13-29-11-17(14-1-2-14)21(20)24(33-22)34-7-5-27-6-8-34/h3-4,9-14,27H,1-2,5-8H2,(H,30,31). The van der Waals surface area contributed by atoms with Crippen LogP contribution in [0.2, 0.25) is 0 Å². The number of piperazine rings is 1. The van der Waals surface area contributed by atoms with Crippen LogP contribution in [0.4, 0.5) is 26.1 Å². The van der Waals surface area contributed by atoms with E-state index in [1.165, 1.54) is 5.56 Å². The maximum absolute atomic E-state index is 14.3. The molecule has 34 heavy (non-hydrogen) atoms. The number of anilines is 3. The van der Waals surface area contributed by atoms with Gasteiger partial charge in [-0.05, 0) is 30.4 Å². The van der Waals surface area contributed by atoms with Gasteiger partial charge in [-0.3, -0.25) is 9.97 Å². The van der Waals surface area contributed by atoms with Crippen LogP contribution in [0.1, 0.15) is 24.3 Å². The molecule has 1 saturated carbocycles. The Morgan fingerprint density at radius 1 is 1.00 bits per heavy atom. The van der Waals surface area contributed by atoms with E-state index in [0.717, 1.165) is 68.0 Å². The second-order valence-electron chi connectivity index (χ2n) is 8.54. The quantitative estimate of drug-likeness (QED) is 0.465. The van der Waals surface area contributed by atoms with Gasteiger partial charge in [-0.15, -0.1) is 0 Å². The number of rotatable bonds is 5. The molecule has 4 aromatic heterocycles. The van der Waals surface area contributed by atoms with E-state index in [1.54, 1.807) is 24.7 Å². The molecule has 0 aromatic carbocycles. The molecule has 0 atom stereocenters. The Bertz CT molecular complexity index is 1370. The summed E-state index contributed by atoms with van der Waals surface area (Å²) in [7, 11) is 0. The molecule has 4 aromatic rings. The van der Waals surface area contributed by atoms with Crippen molar-refractivity contribution in [2.75, 3.05) is 36.4 Å². The molecular formula is C24H22F2N8. The number of nitrogens with zero attached hydrogens (tertiary/aromatic N) is 6. The highest BCUT2D eigenvalue weighted by molar-refractivity contribution is 5.94. The molecule has 0 radical (unpaired) electrons. The number of nitrogens with one attached hydrogen (secondary N) is 2. The minimum Gasteiger partial charge on any atom is -0.353 e. The zero-order valence-corrected chi connectivity index (χ0v) is 18.3. The van der Waals surface area contributed by atoms with Gasteiger partial charge in [-0.25, -0.2) is 23.7 Å². The van der Waals surface area contributed by atoms with Crippen LogP contribution < -0.4 is 15.5 Å². The van der Waals surface area contributed by atoms with E-state index in [9.17, 15) is 8.78 Å². The second-order valence-corrected chi connectivity index (χ2v) is 8.54. The normalized spacial score (nSPS) is 16.1. The maximum Gasteiger partial charge on any atom is 0.168 e. The maximum atomic E-state index is 14.3. The number of hydrogen-bond acceptors (Lipinski definition) is 8. The Hall–Kier alpha value is -3.79. The summed E-state index contributed by atoms with van der Waals surface area (Å²) in [6, 6.07) is 2.55. The van der Waals surface area contributed by atoms with E-state index in [-0.39, 0.29) is 5.82 Å². The summed E-state index contributed by atoms with van der Waals surface area (Å²) in [5.41, 5.74) is 3.08. The number of hydrogen-bond donors (Lipinski definition) is 2. The smallest absolute Gasteiger partial charge is 0.168 e. The lowest BCUT2D eigenvalue weighted by Crippen LogP contribution is -2.44. The predicted octanol–water partition coefficient (Wildman–Crippen LogP) is 3.79. The van der Waals surface area contributed by atoms with E-state index in [1.807, 2.05) is 6.20 Å². The van der Waals surface area contributed by atoms with E-state index in [2.05, 4.69) is 30.5 Å². The van der Waals surface area contributed by atoms with Crippen molar-refractivity contribution in [3.8, 4) is 11.4 Å². The zero-order valence-electron chi connectivity index (χ0n) is 18.3. The molecule has 5 heterocycles. The monoisotopic (exact) mass is 460 g/mol. The average Bonchev–Trinajstić information content (AvgIpc) is 3.71. The third-order valence-corrected chi connectivity index (χ3v) is 6.17. The molecule has 1 saturated heterocycles. The highest BCUT2D eigenvalue weighted by Gasteiger charge is 2.29. The summed E-state index contributed by atoms with van der Waals surface area (Å²) in [5.74, 6) is 0.221. The van der Waals surface area contributed by atoms with E-state index < -0.39 is 11.6 Å². The SMILES string of the molecule is Fc1cnc(Nc2cnccc2-c2nc(N3CCNCC3)c3c(C4CC4)cncc3n2)c(F)c1.